The Bertz CT molecular complexity index is 481. The molecule has 1 aliphatic heterocycles. The first-order valence-corrected chi connectivity index (χ1v) is 5.91. The highest BCUT2D eigenvalue weighted by Crippen LogP contribution is 2.21. The van der Waals surface area contributed by atoms with Gasteiger partial charge >= 0.3 is 5.97 Å². The third kappa shape index (κ3) is 2.66. The minimum atomic E-state index is -0.179. The number of hydrogen-bond donors (Lipinski definition) is 0. The number of methoxy groups -OCH3 is 1. The summed E-state index contributed by atoms with van der Waals surface area (Å²) in [7, 11) is 1.42. The molecule has 2 heterocycles. The van der Waals surface area contributed by atoms with E-state index in [9.17, 15) is 4.79 Å². The Balaban J connectivity index is 2.08. The van der Waals surface area contributed by atoms with Crippen LogP contribution in [0.4, 0.5) is 0 Å². The van der Waals surface area contributed by atoms with Gasteiger partial charge < -0.3 is 4.74 Å². The maximum Gasteiger partial charge on any atom is 0.323 e. The highest BCUT2D eigenvalue weighted by atomic mass is 16.5. The number of rotatable bonds is 3. The van der Waals surface area contributed by atoms with Gasteiger partial charge in [0.05, 0.1) is 7.11 Å². The molecule has 1 aromatic heterocycles. The summed E-state index contributed by atoms with van der Waals surface area (Å²) in [5, 5.41) is 8.80. The van der Waals surface area contributed by atoms with E-state index in [0.717, 1.165) is 24.9 Å². The van der Waals surface area contributed by atoms with Crippen molar-refractivity contribution in [3.05, 3.63) is 29.6 Å². The first-order valence-electron chi connectivity index (χ1n) is 5.91. The smallest absolute Gasteiger partial charge is 0.323 e. The Hall–Kier alpha value is -1.93. The summed E-state index contributed by atoms with van der Waals surface area (Å²) in [6, 6.07) is 5.48. The van der Waals surface area contributed by atoms with Gasteiger partial charge in [0, 0.05) is 12.7 Å². The standard InChI is InChI=1S/C13H15N3O2/c1-18-13(17)12-3-2-6-16(12)9-10-4-5-15-11(7-10)8-14/h4-5,7,12H,2-3,6,9H2,1H3. The summed E-state index contributed by atoms with van der Waals surface area (Å²) < 4.78 is 4.80. The lowest BCUT2D eigenvalue weighted by atomic mass is 10.2. The number of carbonyl (C=O) groups is 1. The van der Waals surface area contributed by atoms with Gasteiger partial charge in [-0.3, -0.25) is 9.69 Å². The fourth-order valence-corrected chi connectivity index (χ4v) is 2.29. The zero-order valence-corrected chi connectivity index (χ0v) is 10.3. The molecular weight excluding hydrogens is 230 g/mol. The van der Waals surface area contributed by atoms with E-state index in [4.69, 9.17) is 10.00 Å². The summed E-state index contributed by atoms with van der Waals surface area (Å²) in [5.41, 5.74) is 1.40. The number of aromatic nitrogens is 1. The van der Waals surface area contributed by atoms with Crippen molar-refractivity contribution in [3.63, 3.8) is 0 Å². The van der Waals surface area contributed by atoms with Crippen molar-refractivity contribution in [2.24, 2.45) is 0 Å². The van der Waals surface area contributed by atoms with Gasteiger partial charge in [-0.2, -0.15) is 5.26 Å². The van der Waals surface area contributed by atoms with Gasteiger partial charge in [0.15, 0.2) is 0 Å². The summed E-state index contributed by atoms with van der Waals surface area (Å²) in [5.74, 6) is -0.179. The molecule has 1 atom stereocenters. The molecule has 0 amide bonds. The SMILES string of the molecule is COC(=O)C1CCCN1Cc1ccnc(C#N)c1. The first-order chi connectivity index (χ1) is 8.74. The van der Waals surface area contributed by atoms with Gasteiger partial charge in [-0.25, -0.2) is 4.98 Å². The highest BCUT2D eigenvalue weighted by molar-refractivity contribution is 5.75. The van der Waals surface area contributed by atoms with Crippen LogP contribution in [0.3, 0.4) is 0 Å². The van der Waals surface area contributed by atoms with Crippen molar-refractivity contribution < 1.29 is 9.53 Å². The fourth-order valence-electron chi connectivity index (χ4n) is 2.29. The van der Waals surface area contributed by atoms with Crippen LogP contribution < -0.4 is 0 Å². The first kappa shape index (κ1) is 12.5. The van der Waals surface area contributed by atoms with Crippen LogP contribution in [0.25, 0.3) is 0 Å². The number of carbonyl (C=O) groups excluding carboxylic acids is 1. The normalized spacial score (nSPS) is 19.4. The van der Waals surface area contributed by atoms with E-state index >= 15 is 0 Å². The number of likely N-dealkylation sites (tertiary alicyclic amines) is 1. The third-order valence-electron chi connectivity index (χ3n) is 3.16. The van der Waals surface area contributed by atoms with Crippen molar-refractivity contribution in [2.45, 2.75) is 25.4 Å². The van der Waals surface area contributed by atoms with Crippen LogP contribution in [0.5, 0.6) is 0 Å². The molecule has 18 heavy (non-hydrogen) atoms. The molecule has 1 saturated heterocycles. The summed E-state index contributed by atoms with van der Waals surface area (Å²) >= 11 is 0. The van der Waals surface area contributed by atoms with Gasteiger partial charge in [0.2, 0.25) is 0 Å². The molecule has 94 valence electrons. The molecule has 1 unspecified atom stereocenters. The van der Waals surface area contributed by atoms with E-state index < -0.39 is 0 Å². The second-order valence-corrected chi connectivity index (χ2v) is 4.31. The van der Waals surface area contributed by atoms with Crippen LogP contribution in [-0.4, -0.2) is 35.5 Å². The minimum absolute atomic E-state index is 0.159. The highest BCUT2D eigenvalue weighted by Gasteiger charge is 2.31. The average molecular weight is 245 g/mol. The zero-order chi connectivity index (χ0) is 13.0. The molecule has 0 bridgehead atoms. The predicted octanol–water partition coefficient (Wildman–Crippen LogP) is 1.09. The lowest BCUT2D eigenvalue weighted by Gasteiger charge is -2.22. The van der Waals surface area contributed by atoms with E-state index in [0.29, 0.717) is 12.2 Å². The average Bonchev–Trinajstić information content (AvgIpc) is 2.86. The Morgan fingerprint density at radius 2 is 2.56 bits per heavy atom. The van der Waals surface area contributed by atoms with Gasteiger partial charge in [-0.1, -0.05) is 0 Å². The topological polar surface area (TPSA) is 66.2 Å². The lowest BCUT2D eigenvalue weighted by Crippen LogP contribution is -2.36. The molecule has 0 radical (unpaired) electrons. The van der Waals surface area contributed by atoms with Gasteiger partial charge in [0.1, 0.15) is 17.8 Å². The molecule has 1 fully saturated rings. The van der Waals surface area contributed by atoms with Crippen LogP contribution in [-0.2, 0) is 16.1 Å². The van der Waals surface area contributed by atoms with Gasteiger partial charge in [-0.05, 0) is 37.1 Å². The number of nitrogens with zero attached hydrogens (tertiary/aromatic N) is 3. The van der Waals surface area contributed by atoms with Crippen LogP contribution >= 0.6 is 0 Å². The second kappa shape index (κ2) is 5.61. The molecule has 2 rings (SSSR count). The van der Waals surface area contributed by atoms with Crippen molar-refractivity contribution in [1.29, 1.82) is 5.26 Å². The monoisotopic (exact) mass is 245 g/mol. The Morgan fingerprint density at radius 1 is 1.72 bits per heavy atom. The predicted molar refractivity (Wildman–Crippen MR) is 64.4 cm³/mol. The maximum atomic E-state index is 11.6. The molecule has 0 aromatic carbocycles. The minimum Gasteiger partial charge on any atom is -0.468 e. The van der Waals surface area contributed by atoms with E-state index in [1.807, 2.05) is 12.1 Å². The number of ether oxygens (including phenoxy) is 1. The molecule has 0 spiro atoms. The molecule has 0 N–H and O–H groups in total. The Kier molecular flexibility index (Phi) is 3.90. The molecule has 5 heteroatoms. The molecule has 1 aliphatic rings. The number of nitriles is 1. The van der Waals surface area contributed by atoms with Gasteiger partial charge in [0.25, 0.3) is 0 Å². The summed E-state index contributed by atoms with van der Waals surface area (Å²) in [6.45, 7) is 1.53. The van der Waals surface area contributed by atoms with Crippen molar-refractivity contribution >= 4 is 5.97 Å². The summed E-state index contributed by atoms with van der Waals surface area (Å²) in [6.07, 6.45) is 3.45. The van der Waals surface area contributed by atoms with E-state index in [1.54, 1.807) is 12.3 Å². The van der Waals surface area contributed by atoms with Crippen molar-refractivity contribution in [1.82, 2.24) is 9.88 Å². The fraction of sp³-hybridized carbons (Fsp3) is 0.462. The van der Waals surface area contributed by atoms with E-state index in [-0.39, 0.29) is 12.0 Å². The molecule has 1 aromatic rings. The molecule has 5 nitrogen and oxygen atoms in total. The van der Waals surface area contributed by atoms with E-state index in [1.165, 1.54) is 7.11 Å². The largest absolute Gasteiger partial charge is 0.468 e. The Morgan fingerprint density at radius 3 is 3.28 bits per heavy atom. The molecule has 0 saturated carbocycles. The number of hydrogen-bond acceptors (Lipinski definition) is 5. The lowest BCUT2D eigenvalue weighted by molar-refractivity contribution is -0.146. The van der Waals surface area contributed by atoms with E-state index in [2.05, 4.69) is 9.88 Å². The maximum absolute atomic E-state index is 11.6. The number of esters is 1. The van der Waals surface area contributed by atoms with Crippen LogP contribution in [0.2, 0.25) is 0 Å². The van der Waals surface area contributed by atoms with Crippen molar-refractivity contribution in [2.75, 3.05) is 13.7 Å². The van der Waals surface area contributed by atoms with Crippen molar-refractivity contribution in [3.8, 4) is 6.07 Å². The quantitative estimate of drug-likeness (QED) is 0.746. The second-order valence-electron chi connectivity index (χ2n) is 4.31. The number of pyridine rings is 1. The summed E-state index contributed by atoms with van der Waals surface area (Å²) in [4.78, 5) is 17.6. The van der Waals surface area contributed by atoms with Gasteiger partial charge in [-0.15, -0.1) is 0 Å². The third-order valence-corrected chi connectivity index (χ3v) is 3.16. The van der Waals surface area contributed by atoms with Crippen LogP contribution in [0, 0.1) is 11.3 Å². The van der Waals surface area contributed by atoms with Crippen LogP contribution in [0.15, 0.2) is 18.3 Å². The van der Waals surface area contributed by atoms with Crippen LogP contribution in [0.1, 0.15) is 24.1 Å². The Labute approximate surface area is 106 Å². The zero-order valence-electron chi connectivity index (χ0n) is 10.3. The molecule has 0 aliphatic carbocycles. The molecular formula is C13H15N3O2.